The molecule has 0 amide bonds. The molecule has 0 spiro atoms. The van der Waals surface area contributed by atoms with Crippen LogP contribution in [-0.2, 0) is 0 Å². The van der Waals surface area contributed by atoms with Gasteiger partial charge in [0.2, 0.25) is 0 Å². The first-order chi connectivity index (χ1) is 8.45. The molecule has 2 aromatic rings. The number of hydrogen-bond acceptors (Lipinski definition) is 1. The molecule has 2 aromatic carbocycles. The van der Waals surface area contributed by atoms with Gasteiger partial charge in [0.05, 0.1) is 0 Å². The number of ketones is 1. The maximum Gasteiger partial charge on any atom is 0.193 e. The zero-order valence-corrected chi connectivity index (χ0v) is 10.1. The minimum atomic E-state index is -0.747. The second-order valence-corrected chi connectivity index (χ2v) is 4.36. The Morgan fingerprint density at radius 2 is 1.22 bits per heavy atom. The fourth-order valence-electron chi connectivity index (χ4n) is 1.96. The van der Waals surface area contributed by atoms with E-state index in [-0.39, 0.29) is 11.3 Å². The highest BCUT2D eigenvalue weighted by atomic mass is 19.1. The molecule has 0 aliphatic rings. The number of halogens is 2. The zero-order valence-electron chi connectivity index (χ0n) is 10.1. The van der Waals surface area contributed by atoms with Gasteiger partial charge >= 0.3 is 0 Å². The molecule has 0 aromatic heterocycles. The van der Waals surface area contributed by atoms with Gasteiger partial charge in [-0.1, -0.05) is 17.2 Å². The van der Waals surface area contributed by atoms with Crippen LogP contribution in [0.2, 0.25) is 0 Å². The van der Waals surface area contributed by atoms with Crippen LogP contribution in [0.25, 0.3) is 0 Å². The summed E-state index contributed by atoms with van der Waals surface area (Å²) in [7, 11) is 0. The average molecular weight is 246 g/mol. The van der Waals surface area contributed by atoms with Crippen LogP contribution in [0.5, 0.6) is 0 Å². The van der Waals surface area contributed by atoms with Crippen LogP contribution in [0.15, 0.2) is 36.4 Å². The van der Waals surface area contributed by atoms with Gasteiger partial charge in [-0.3, -0.25) is 4.79 Å². The lowest BCUT2D eigenvalue weighted by Gasteiger charge is -2.05. The Labute approximate surface area is 104 Å². The Bertz CT molecular complexity index is 524. The third-order valence-electron chi connectivity index (χ3n) is 2.61. The second-order valence-electron chi connectivity index (χ2n) is 4.36. The molecule has 2 rings (SSSR count). The first kappa shape index (κ1) is 12.4. The minimum absolute atomic E-state index is 0.0255. The van der Waals surface area contributed by atoms with Crippen LogP contribution in [0, 0.1) is 25.5 Å². The van der Waals surface area contributed by atoms with E-state index in [0.717, 1.165) is 29.3 Å². The van der Waals surface area contributed by atoms with Crippen molar-refractivity contribution in [2.45, 2.75) is 13.8 Å². The topological polar surface area (TPSA) is 17.1 Å². The van der Waals surface area contributed by atoms with Crippen molar-refractivity contribution in [3.05, 3.63) is 70.3 Å². The van der Waals surface area contributed by atoms with E-state index in [1.807, 2.05) is 19.9 Å². The number of rotatable bonds is 2. The molecule has 1 nitrogen and oxygen atoms in total. The van der Waals surface area contributed by atoms with Crippen LogP contribution in [0.4, 0.5) is 8.78 Å². The fourth-order valence-corrected chi connectivity index (χ4v) is 1.96. The van der Waals surface area contributed by atoms with E-state index >= 15 is 0 Å². The lowest BCUT2D eigenvalue weighted by molar-refractivity contribution is 0.103. The van der Waals surface area contributed by atoms with Crippen LogP contribution in [0.1, 0.15) is 27.0 Å². The first-order valence-electron chi connectivity index (χ1n) is 5.55. The molecule has 3 heteroatoms. The highest BCUT2D eigenvalue weighted by molar-refractivity contribution is 6.09. The quantitative estimate of drug-likeness (QED) is 0.736. The van der Waals surface area contributed by atoms with E-state index in [9.17, 15) is 13.6 Å². The predicted octanol–water partition coefficient (Wildman–Crippen LogP) is 3.81. The van der Waals surface area contributed by atoms with E-state index in [2.05, 4.69) is 0 Å². The van der Waals surface area contributed by atoms with Crippen LogP contribution < -0.4 is 0 Å². The third kappa shape index (κ3) is 2.62. The summed E-state index contributed by atoms with van der Waals surface area (Å²) in [5.41, 5.74) is 2.35. The van der Waals surface area contributed by atoms with E-state index in [4.69, 9.17) is 0 Å². The summed E-state index contributed by atoms with van der Waals surface area (Å²) >= 11 is 0. The van der Waals surface area contributed by atoms with Crippen molar-refractivity contribution in [3.63, 3.8) is 0 Å². The van der Waals surface area contributed by atoms with E-state index < -0.39 is 11.6 Å². The molecule has 0 saturated heterocycles. The number of carbonyl (C=O) groups is 1. The summed E-state index contributed by atoms with van der Waals surface area (Å²) in [6, 6.07) is 8.18. The number of hydrogen-bond donors (Lipinski definition) is 0. The van der Waals surface area contributed by atoms with Gasteiger partial charge in [-0.15, -0.1) is 0 Å². The molecule has 0 aliphatic heterocycles. The van der Waals surface area contributed by atoms with Gasteiger partial charge in [0.25, 0.3) is 0 Å². The summed E-state index contributed by atoms with van der Waals surface area (Å²) in [5.74, 6) is -1.87. The van der Waals surface area contributed by atoms with E-state index in [0.29, 0.717) is 5.56 Å². The largest absolute Gasteiger partial charge is 0.289 e. The number of carbonyl (C=O) groups excluding carboxylic acids is 1. The fraction of sp³-hybridized carbons (Fsp3) is 0.133. The van der Waals surface area contributed by atoms with Crippen molar-refractivity contribution < 1.29 is 13.6 Å². The first-order valence-corrected chi connectivity index (χ1v) is 5.55. The van der Waals surface area contributed by atoms with Crippen LogP contribution >= 0.6 is 0 Å². The summed E-state index contributed by atoms with van der Waals surface area (Å²) in [6.45, 7) is 3.74. The molecular formula is C15H12F2O. The smallest absolute Gasteiger partial charge is 0.193 e. The molecule has 0 atom stereocenters. The van der Waals surface area contributed by atoms with Gasteiger partial charge < -0.3 is 0 Å². The molecule has 0 fully saturated rings. The Morgan fingerprint density at radius 3 is 1.72 bits per heavy atom. The Kier molecular flexibility index (Phi) is 3.24. The van der Waals surface area contributed by atoms with Crippen molar-refractivity contribution in [1.29, 1.82) is 0 Å². The molecule has 0 bridgehead atoms. The van der Waals surface area contributed by atoms with Crippen molar-refractivity contribution in [3.8, 4) is 0 Å². The zero-order chi connectivity index (χ0) is 13.3. The molecule has 92 valence electrons. The summed E-state index contributed by atoms with van der Waals surface area (Å²) < 4.78 is 26.1. The average Bonchev–Trinajstić information content (AvgIpc) is 2.25. The molecule has 0 aliphatic carbocycles. The van der Waals surface area contributed by atoms with Crippen molar-refractivity contribution in [1.82, 2.24) is 0 Å². The Morgan fingerprint density at radius 1 is 0.778 bits per heavy atom. The lowest BCUT2D eigenvalue weighted by atomic mass is 9.99. The molecule has 0 unspecified atom stereocenters. The van der Waals surface area contributed by atoms with Crippen molar-refractivity contribution in [2.75, 3.05) is 0 Å². The minimum Gasteiger partial charge on any atom is -0.289 e. The Balaban J connectivity index is 2.47. The van der Waals surface area contributed by atoms with E-state index in [1.54, 1.807) is 12.1 Å². The van der Waals surface area contributed by atoms with Crippen LogP contribution in [0.3, 0.4) is 0 Å². The SMILES string of the molecule is Cc1cc(C)cc(C(=O)c2cc(F)cc(F)c2)c1. The lowest BCUT2D eigenvalue weighted by Crippen LogP contribution is -2.03. The third-order valence-corrected chi connectivity index (χ3v) is 2.61. The molecule has 0 heterocycles. The molecule has 0 radical (unpaired) electrons. The second kappa shape index (κ2) is 4.69. The summed E-state index contributed by atoms with van der Waals surface area (Å²) in [4.78, 5) is 12.1. The van der Waals surface area contributed by atoms with Crippen molar-refractivity contribution in [2.24, 2.45) is 0 Å². The summed E-state index contributed by atoms with van der Waals surface area (Å²) in [6.07, 6.45) is 0. The maximum absolute atomic E-state index is 13.1. The monoisotopic (exact) mass is 246 g/mol. The molecule has 18 heavy (non-hydrogen) atoms. The van der Waals surface area contributed by atoms with E-state index in [1.165, 1.54) is 0 Å². The maximum atomic E-state index is 13.1. The van der Waals surface area contributed by atoms with Crippen LogP contribution in [-0.4, -0.2) is 5.78 Å². The van der Waals surface area contributed by atoms with Gasteiger partial charge in [-0.2, -0.15) is 0 Å². The van der Waals surface area contributed by atoms with Gasteiger partial charge in [-0.05, 0) is 38.1 Å². The summed E-state index contributed by atoms with van der Waals surface area (Å²) in [5, 5.41) is 0. The normalized spacial score (nSPS) is 10.4. The van der Waals surface area contributed by atoms with Gasteiger partial charge in [0.15, 0.2) is 5.78 Å². The van der Waals surface area contributed by atoms with Crippen molar-refractivity contribution >= 4 is 5.78 Å². The predicted molar refractivity (Wildman–Crippen MR) is 65.7 cm³/mol. The molecule has 0 N–H and O–H groups in total. The standard InChI is InChI=1S/C15H12F2O/c1-9-3-10(2)5-11(4-9)15(18)12-6-13(16)8-14(17)7-12/h3-8H,1-2H3. The van der Waals surface area contributed by atoms with Gasteiger partial charge in [0, 0.05) is 17.2 Å². The molecular weight excluding hydrogens is 234 g/mol. The number of aryl methyl sites for hydroxylation is 2. The number of benzene rings is 2. The Hall–Kier alpha value is -2.03. The van der Waals surface area contributed by atoms with Gasteiger partial charge in [-0.25, -0.2) is 8.78 Å². The highest BCUT2D eigenvalue weighted by Crippen LogP contribution is 2.16. The molecule has 0 saturated carbocycles. The van der Waals surface area contributed by atoms with Gasteiger partial charge in [0.1, 0.15) is 11.6 Å². The highest BCUT2D eigenvalue weighted by Gasteiger charge is 2.12.